The molecule has 0 atom stereocenters. The highest BCUT2D eigenvalue weighted by atomic mass is 16.1. The number of aromatic nitrogens is 3. The van der Waals surface area contributed by atoms with E-state index in [0.717, 1.165) is 44.2 Å². The molecule has 76 valence electrons. The molecular formula is C10H15N3O. The van der Waals surface area contributed by atoms with Gasteiger partial charge in [-0.2, -0.15) is 5.10 Å². The van der Waals surface area contributed by atoms with Gasteiger partial charge in [0, 0.05) is 18.9 Å². The van der Waals surface area contributed by atoms with Crippen molar-refractivity contribution in [2.75, 3.05) is 0 Å². The molecule has 1 aromatic heterocycles. The van der Waals surface area contributed by atoms with Gasteiger partial charge in [0.1, 0.15) is 18.4 Å². The van der Waals surface area contributed by atoms with Gasteiger partial charge in [-0.3, -0.25) is 4.68 Å². The van der Waals surface area contributed by atoms with Gasteiger partial charge in [-0.1, -0.05) is 12.8 Å². The van der Waals surface area contributed by atoms with E-state index in [1.54, 1.807) is 11.0 Å². The molecule has 0 aromatic carbocycles. The monoisotopic (exact) mass is 193 g/mol. The molecule has 4 heteroatoms. The minimum absolute atomic E-state index is 0.152. The third-order valence-corrected chi connectivity index (χ3v) is 3.16. The van der Waals surface area contributed by atoms with Crippen molar-refractivity contribution in [2.24, 2.45) is 12.5 Å². The first-order chi connectivity index (χ1) is 6.76. The van der Waals surface area contributed by atoms with Crippen molar-refractivity contribution >= 4 is 6.29 Å². The average Bonchev–Trinajstić information content (AvgIpc) is 2.79. The Kier molecular flexibility index (Phi) is 2.35. The Morgan fingerprint density at radius 1 is 1.57 bits per heavy atom. The van der Waals surface area contributed by atoms with Gasteiger partial charge in [0.15, 0.2) is 0 Å². The predicted molar refractivity (Wildman–Crippen MR) is 51.7 cm³/mol. The molecule has 4 nitrogen and oxygen atoms in total. The van der Waals surface area contributed by atoms with E-state index in [1.807, 2.05) is 7.05 Å². The lowest BCUT2D eigenvalue weighted by molar-refractivity contribution is -0.116. The number of hydrogen-bond acceptors (Lipinski definition) is 3. The van der Waals surface area contributed by atoms with Gasteiger partial charge in [0.25, 0.3) is 0 Å². The number of nitrogens with zero attached hydrogens (tertiary/aromatic N) is 3. The summed E-state index contributed by atoms with van der Waals surface area (Å²) in [4.78, 5) is 15.3. The summed E-state index contributed by atoms with van der Waals surface area (Å²) in [6.07, 6.45) is 7.74. The molecule has 14 heavy (non-hydrogen) atoms. The van der Waals surface area contributed by atoms with Crippen LogP contribution in [-0.4, -0.2) is 21.1 Å². The Morgan fingerprint density at radius 2 is 2.29 bits per heavy atom. The molecule has 0 N–H and O–H groups in total. The van der Waals surface area contributed by atoms with Gasteiger partial charge >= 0.3 is 0 Å². The van der Waals surface area contributed by atoms with Crippen molar-refractivity contribution in [1.29, 1.82) is 0 Å². The van der Waals surface area contributed by atoms with Crippen LogP contribution >= 0.6 is 0 Å². The lowest BCUT2D eigenvalue weighted by Crippen LogP contribution is -2.23. The molecule has 0 radical (unpaired) electrons. The minimum Gasteiger partial charge on any atom is -0.303 e. The highest BCUT2D eigenvalue weighted by Gasteiger charge is 2.34. The van der Waals surface area contributed by atoms with Crippen molar-refractivity contribution in [2.45, 2.75) is 32.1 Å². The van der Waals surface area contributed by atoms with Crippen LogP contribution in [0.1, 0.15) is 31.5 Å². The molecule has 0 aliphatic heterocycles. The van der Waals surface area contributed by atoms with Gasteiger partial charge in [-0.05, 0) is 12.8 Å². The van der Waals surface area contributed by atoms with Gasteiger partial charge in [-0.25, -0.2) is 4.98 Å². The molecule has 0 amide bonds. The third kappa shape index (κ3) is 1.56. The van der Waals surface area contributed by atoms with Crippen LogP contribution in [0.15, 0.2) is 6.33 Å². The zero-order valence-corrected chi connectivity index (χ0v) is 8.44. The quantitative estimate of drug-likeness (QED) is 0.676. The maximum atomic E-state index is 11.1. The summed E-state index contributed by atoms with van der Waals surface area (Å²) in [5.41, 5.74) is -0.152. The van der Waals surface area contributed by atoms with E-state index in [9.17, 15) is 4.79 Å². The zero-order chi connectivity index (χ0) is 10.0. The molecule has 0 spiro atoms. The Labute approximate surface area is 83.3 Å². The van der Waals surface area contributed by atoms with E-state index in [1.165, 1.54) is 0 Å². The van der Waals surface area contributed by atoms with Crippen LogP contribution in [0.4, 0.5) is 0 Å². The SMILES string of the molecule is Cn1ncnc1CC1(C=O)CCCC1. The highest BCUT2D eigenvalue weighted by Crippen LogP contribution is 2.38. The molecule has 2 rings (SSSR count). The average molecular weight is 193 g/mol. The molecule has 0 bridgehead atoms. The minimum atomic E-state index is -0.152. The second kappa shape index (κ2) is 3.52. The summed E-state index contributed by atoms with van der Waals surface area (Å²) in [5.74, 6) is 0.916. The summed E-state index contributed by atoms with van der Waals surface area (Å²) < 4.78 is 1.75. The van der Waals surface area contributed by atoms with Gasteiger partial charge < -0.3 is 4.79 Å². The van der Waals surface area contributed by atoms with Crippen LogP contribution in [0, 0.1) is 5.41 Å². The predicted octanol–water partition coefficient (Wildman–Crippen LogP) is 1.12. The van der Waals surface area contributed by atoms with Crippen molar-refractivity contribution < 1.29 is 4.79 Å². The van der Waals surface area contributed by atoms with Crippen LogP contribution in [0.2, 0.25) is 0 Å². The summed E-state index contributed by atoms with van der Waals surface area (Å²) in [6, 6.07) is 0. The fraction of sp³-hybridized carbons (Fsp3) is 0.700. The van der Waals surface area contributed by atoms with Crippen molar-refractivity contribution in [1.82, 2.24) is 14.8 Å². The van der Waals surface area contributed by atoms with E-state index in [2.05, 4.69) is 10.1 Å². The molecule has 0 unspecified atom stereocenters. The number of rotatable bonds is 3. The van der Waals surface area contributed by atoms with Gasteiger partial charge in [-0.15, -0.1) is 0 Å². The fourth-order valence-electron chi connectivity index (χ4n) is 2.21. The number of carbonyl (C=O) groups is 1. The number of hydrogen-bond donors (Lipinski definition) is 0. The summed E-state index contributed by atoms with van der Waals surface area (Å²) in [6.45, 7) is 0. The first-order valence-electron chi connectivity index (χ1n) is 5.05. The largest absolute Gasteiger partial charge is 0.303 e. The second-order valence-corrected chi connectivity index (χ2v) is 4.16. The smallest absolute Gasteiger partial charge is 0.138 e. The molecule has 1 saturated carbocycles. The molecule has 1 fully saturated rings. The molecule has 0 saturated heterocycles. The standard InChI is InChI=1S/C10H15N3O/c1-13-9(11-8-12-13)6-10(7-14)4-2-3-5-10/h7-8H,2-6H2,1H3. The summed E-state index contributed by atoms with van der Waals surface area (Å²) in [7, 11) is 1.87. The zero-order valence-electron chi connectivity index (χ0n) is 8.44. The molecule has 1 aliphatic rings. The van der Waals surface area contributed by atoms with Gasteiger partial charge in [0.2, 0.25) is 0 Å². The maximum Gasteiger partial charge on any atom is 0.138 e. The van der Waals surface area contributed by atoms with E-state index in [4.69, 9.17) is 0 Å². The lowest BCUT2D eigenvalue weighted by atomic mass is 9.84. The third-order valence-electron chi connectivity index (χ3n) is 3.16. The summed E-state index contributed by atoms with van der Waals surface area (Å²) in [5, 5.41) is 4.01. The molecular weight excluding hydrogens is 178 g/mol. The van der Waals surface area contributed by atoms with Crippen LogP contribution in [-0.2, 0) is 18.3 Å². The molecule has 1 aromatic rings. The second-order valence-electron chi connectivity index (χ2n) is 4.16. The normalized spacial score (nSPS) is 19.8. The lowest BCUT2D eigenvalue weighted by Gasteiger charge is -2.20. The fourth-order valence-corrected chi connectivity index (χ4v) is 2.21. The van der Waals surface area contributed by atoms with Crippen molar-refractivity contribution in [3.8, 4) is 0 Å². The Hall–Kier alpha value is -1.19. The summed E-state index contributed by atoms with van der Waals surface area (Å²) >= 11 is 0. The van der Waals surface area contributed by atoms with Gasteiger partial charge in [0.05, 0.1) is 0 Å². The van der Waals surface area contributed by atoms with E-state index in [-0.39, 0.29) is 5.41 Å². The molecule has 1 aliphatic carbocycles. The van der Waals surface area contributed by atoms with Crippen molar-refractivity contribution in [3.63, 3.8) is 0 Å². The Balaban J connectivity index is 2.16. The first kappa shape index (κ1) is 9.37. The number of carbonyl (C=O) groups excluding carboxylic acids is 1. The topological polar surface area (TPSA) is 47.8 Å². The van der Waals surface area contributed by atoms with E-state index < -0.39 is 0 Å². The van der Waals surface area contributed by atoms with E-state index in [0.29, 0.717) is 0 Å². The molecule has 1 heterocycles. The van der Waals surface area contributed by atoms with Crippen LogP contribution < -0.4 is 0 Å². The van der Waals surface area contributed by atoms with Crippen LogP contribution in [0.25, 0.3) is 0 Å². The first-order valence-corrected chi connectivity index (χ1v) is 5.05. The van der Waals surface area contributed by atoms with Crippen LogP contribution in [0.5, 0.6) is 0 Å². The highest BCUT2D eigenvalue weighted by molar-refractivity contribution is 5.60. The Morgan fingerprint density at radius 3 is 2.79 bits per heavy atom. The van der Waals surface area contributed by atoms with Crippen molar-refractivity contribution in [3.05, 3.63) is 12.2 Å². The van der Waals surface area contributed by atoms with Crippen LogP contribution in [0.3, 0.4) is 0 Å². The number of aldehydes is 1. The Bertz CT molecular complexity index is 326. The number of aryl methyl sites for hydroxylation is 1. The van der Waals surface area contributed by atoms with E-state index >= 15 is 0 Å². The maximum absolute atomic E-state index is 11.1.